The van der Waals surface area contributed by atoms with Gasteiger partial charge >= 0.3 is 6.18 Å². The summed E-state index contributed by atoms with van der Waals surface area (Å²) in [5.41, 5.74) is 5.93. The number of sulfonamides is 1. The second-order valence-corrected chi connectivity index (χ2v) is 6.62. The fraction of sp³-hybridized carbons (Fsp3) is 0.462. The lowest BCUT2D eigenvalue weighted by Gasteiger charge is -2.12. The van der Waals surface area contributed by atoms with Gasteiger partial charge in [-0.1, -0.05) is 13.3 Å². The van der Waals surface area contributed by atoms with Gasteiger partial charge in [0, 0.05) is 5.69 Å². The number of carbonyl (C=O) groups is 1. The number of alkyl halides is 3. The maximum atomic E-state index is 12.1. The largest absolute Gasteiger partial charge is 0.402 e. The summed E-state index contributed by atoms with van der Waals surface area (Å²) in [4.78, 5) is 11.4. The second kappa shape index (κ2) is 7.75. The number of amides is 1. The van der Waals surface area contributed by atoms with Crippen LogP contribution in [-0.4, -0.2) is 33.1 Å². The topological polar surface area (TPSA) is 101 Å². The van der Waals surface area contributed by atoms with Gasteiger partial charge in [0.15, 0.2) is 0 Å². The number of rotatable bonds is 7. The third-order valence-electron chi connectivity index (χ3n) is 2.83. The van der Waals surface area contributed by atoms with Crippen LogP contribution in [0.2, 0.25) is 0 Å². The standard InChI is InChI=1S/C13H18F3N3O3S/c1-2-3-11(17)12(20)19-9-4-6-10(7-5-9)23(21,22)18-8-13(14,15)16/h4-7,11,18H,2-3,8,17H2,1H3,(H,19,20). The molecule has 0 radical (unpaired) electrons. The predicted molar refractivity (Wildman–Crippen MR) is 79.2 cm³/mol. The van der Waals surface area contributed by atoms with E-state index in [-0.39, 0.29) is 4.90 Å². The molecule has 0 spiro atoms. The molecule has 1 unspecified atom stereocenters. The molecule has 23 heavy (non-hydrogen) atoms. The monoisotopic (exact) mass is 353 g/mol. The van der Waals surface area contributed by atoms with Crippen LogP contribution in [0, 0.1) is 0 Å². The van der Waals surface area contributed by atoms with Crippen LogP contribution in [0.3, 0.4) is 0 Å². The van der Waals surface area contributed by atoms with E-state index in [2.05, 4.69) is 5.32 Å². The lowest BCUT2D eigenvalue weighted by molar-refractivity contribution is -0.121. The van der Waals surface area contributed by atoms with Crippen molar-refractivity contribution in [3.8, 4) is 0 Å². The van der Waals surface area contributed by atoms with Crippen molar-refractivity contribution in [1.29, 1.82) is 0 Å². The maximum absolute atomic E-state index is 12.1. The predicted octanol–water partition coefficient (Wildman–Crippen LogP) is 1.59. The smallest absolute Gasteiger partial charge is 0.325 e. The first-order valence-electron chi connectivity index (χ1n) is 6.78. The number of halogens is 3. The number of hydrogen-bond donors (Lipinski definition) is 3. The Labute approximate surface area is 132 Å². The molecule has 0 fully saturated rings. The highest BCUT2D eigenvalue weighted by Gasteiger charge is 2.30. The van der Waals surface area contributed by atoms with E-state index in [1.54, 1.807) is 0 Å². The molecule has 0 aliphatic rings. The molecule has 0 aliphatic carbocycles. The Bertz CT molecular complexity index is 630. The highest BCUT2D eigenvalue weighted by molar-refractivity contribution is 7.89. The summed E-state index contributed by atoms with van der Waals surface area (Å²) >= 11 is 0. The molecule has 6 nitrogen and oxygen atoms in total. The summed E-state index contributed by atoms with van der Waals surface area (Å²) in [6.45, 7) is 0.223. The minimum absolute atomic E-state index is 0.302. The Morgan fingerprint density at radius 2 is 1.83 bits per heavy atom. The first-order chi connectivity index (χ1) is 10.5. The van der Waals surface area contributed by atoms with Crippen LogP contribution in [0.1, 0.15) is 19.8 Å². The molecule has 1 aromatic carbocycles. The lowest BCUT2D eigenvalue weighted by atomic mass is 10.1. The number of anilines is 1. The second-order valence-electron chi connectivity index (χ2n) is 4.85. The minimum atomic E-state index is -4.64. The van der Waals surface area contributed by atoms with Gasteiger partial charge in [0.05, 0.1) is 10.9 Å². The lowest BCUT2D eigenvalue weighted by Crippen LogP contribution is -2.35. The van der Waals surface area contributed by atoms with Gasteiger partial charge in [0.1, 0.15) is 6.54 Å². The SMILES string of the molecule is CCCC(N)C(=O)Nc1ccc(S(=O)(=O)NCC(F)(F)F)cc1. The fourth-order valence-corrected chi connectivity index (χ4v) is 2.67. The first kappa shape index (κ1) is 19.4. The number of carbonyl (C=O) groups excluding carboxylic acids is 1. The molecule has 0 aromatic heterocycles. The fourth-order valence-electron chi connectivity index (χ4n) is 1.65. The summed E-state index contributed by atoms with van der Waals surface area (Å²) < 4.78 is 61.0. The van der Waals surface area contributed by atoms with Gasteiger partial charge in [-0.15, -0.1) is 0 Å². The summed E-state index contributed by atoms with van der Waals surface area (Å²) in [7, 11) is -4.27. The highest BCUT2D eigenvalue weighted by atomic mass is 32.2. The minimum Gasteiger partial charge on any atom is -0.325 e. The molecule has 1 atom stereocenters. The molecule has 10 heteroatoms. The van der Waals surface area contributed by atoms with Crippen LogP contribution in [0.5, 0.6) is 0 Å². The molecule has 1 amide bonds. The van der Waals surface area contributed by atoms with Gasteiger partial charge in [-0.3, -0.25) is 4.79 Å². The normalized spacial score (nSPS) is 13.6. The van der Waals surface area contributed by atoms with Gasteiger partial charge in [-0.05, 0) is 30.7 Å². The summed E-state index contributed by atoms with van der Waals surface area (Å²) in [5, 5.41) is 2.50. The number of nitrogens with two attached hydrogens (primary N) is 1. The van der Waals surface area contributed by atoms with Crippen LogP contribution in [0.15, 0.2) is 29.2 Å². The van der Waals surface area contributed by atoms with E-state index in [1.165, 1.54) is 16.9 Å². The van der Waals surface area contributed by atoms with Gasteiger partial charge < -0.3 is 11.1 Å². The molecule has 0 heterocycles. The molecule has 0 saturated carbocycles. The zero-order chi connectivity index (χ0) is 17.7. The Balaban J connectivity index is 2.74. The molecule has 0 saturated heterocycles. The average Bonchev–Trinajstić information content (AvgIpc) is 2.45. The number of nitrogens with one attached hydrogen (secondary N) is 2. The first-order valence-corrected chi connectivity index (χ1v) is 8.26. The van der Waals surface area contributed by atoms with Crippen molar-refractivity contribution in [2.24, 2.45) is 5.73 Å². The van der Waals surface area contributed by atoms with Crippen LogP contribution < -0.4 is 15.8 Å². The quantitative estimate of drug-likeness (QED) is 0.693. The van der Waals surface area contributed by atoms with E-state index >= 15 is 0 Å². The zero-order valence-electron chi connectivity index (χ0n) is 12.4. The van der Waals surface area contributed by atoms with Crippen molar-refractivity contribution in [2.45, 2.75) is 36.9 Å². The van der Waals surface area contributed by atoms with Gasteiger partial charge in [0.25, 0.3) is 0 Å². The Morgan fingerprint density at radius 3 is 2.30 bits per heavy atom. The van der Waals surface area contributed by atoms with Crippen LogP contribution in [0.25, 0.3) is 0 Å². The van der Waals surface area contributed by atoms with Crippen molar-refractivity contribution in [3.63, 3.8) is 0 Å². The summed E-state index contributed by atoms with van der Waals surface area (Å²) in [6, 6.07) is 4.06. The van der Waals surface area contributed by atoms with Crippen molar-refractivity contribution < 1.29 is 26.4 Å². The van der Waals surface area contributed by atoms with E-state index in [9.17, 15) is 26.4 Å². The molecule has 1 aromatic rings. The van der Waals surface area contributed by atoms with Gasteiger partial charge in [0.2, 0.25) is 15.9 Å². The number of benzene rings is 1. The third kappa shape index (κ3) is 6.55. The summed E-state index contributed by atoms with van der Waals surface area (Å²) in [5.74, 6) is -0.419. The van der Waals surface area contributed by atoms with E-state index < -0.39 is 34.7 Å². The zero-order valence-corrected chi connectivity index (χ0v) is 13.2. The van der Waals surface area contributed by atoms with Crippen LogP contribution in [0.4, 0.5) is 18.9 Å². The molecule has 130 valence electrons. The molecular formula is C13H18F3N3O3S. The maximum Gasteiger partial charge on any atom is 0.402 e. The van der Waals surface area contributed by atoms with Crippen molar-refractivity contribution >= 4 is 21.6 Å². The Hall–Kier alpha value is -1.65. The number of hydrogen-bond acceptors (Lipinski definition) is 4. The molecular weight excluding hydrogens is 335 g/mol. The van der Waals surface area contributed by atoms with Crippen LogP contribution >= 0.6 is 0 Å². The van der Waals surface area contributed by atoms with Crippen molar-refractivity contribution in [3.05, 3.63) is 24.3 Å². The third-order valence-corrected chi connectivity index (χ3v) is 4.25. The Morgan fingerprint density at radius 1 is 1.26 bits per heavy atom. The van der Waals surface area contributed by atoms with E-state index in [1.807, 2.05) is 6.92 Å². The molecule has 1 rings (SSSR count). The van der Waals surface area contributed by atoms with Crippen molar-refractivity contribution in [1.82, 2.24) is 4.72 Å². The Kier molecular flexibility index (Phi) is 6.54. The van der Waals surface area contributed by atoms with Gasteiger partial charge in [-0.2, -0.15) is 13.2 Å². The molecule has 0 aliphatic heterocycles. The highest BCUT2D eigenvalue weighted by Crippen LogP contribution is 2.17. The molecule has 0 bridgehead atoms. The van der Waals surface area contributed by atoms with Crippen LogP contribution in [-0.2, 0) is 14.8 Å². The molecule has 4 N–H and O–H groups in total. The van der Waals surface area contributed by atoms with E-state index in [4.69, 9.17) is 5.73 Å². The average molecular weight is 353 g/mol. The van der Waals surface area contributed by atoms with Gasteiger partial charge in [-0.25, -0.2) is 13.1 Å². The van der Waals surface area contributed by atoms with E-state index in [0.29, 0.717) is 12.1 Å². The van der Waals surface area contributed by atoms with Crippen molar-refractivity contribution in [2.75, 3.05) is 11.9 Å². The summed E-state index contributed by atoms with van der Waals surface area (Å²) in [6.07, 6.45) is -3.41. The van der Waals surface area contributed by atoms with E-state index in [0.717, 1.165) is 18.6 Å².